The Labute approximate surface area is 108 Å². The molecule has 7 heteroatoms. The van der Waals surface area contributed by atoms with Crippen molar-refractivity contribution < 1.29 is 27.8 Å². The smallest absolute Gasteiger partial charge is 0.387 e. The number of nitrogens with zero attached hydrogens (tertiary/aromatic N) is 1. The molecule has 0 N–H and O–H groups in total. The summed E-state index contributed by atoms with van der Waals surface area (Å²) >= 11 is 0. The lowest BCUT2D eigenvalue weighted by atomic mass is 10.1. The molecule has 1 rings (SSSR count). The number of methoxy groups -OCH3 is 2. The van der Waals surface area contributed by atoms with E-state index in [1.807, 2.05) is 0 Å². The van der Waals surface area contributed by atoms with Crippen molar-refractivity contribution in [3.63, 3.8) is 0 Å². The largest absolute Gasteiger partial charge is 0.495 e. The molecule has 0 saturated carbocycles. The molecule has 0 atom stereocenters. The molecule has 1 aromatic carbocycles. The van der Waals surface area contributed by atoms with E-state index in [1.54, 1.807) is 6.07 Å². The summed E-state index contributed by atoms with van der Waals surface area (Å²) < 4.78 is 38.2. The number of hydrogen-bond acceptors (Lipinski definition) is 5. The monoisotopic (exact) mass is 271 g/mol. The quantitative estimate of drug-likeness (QED) is 0.765. The van der Waals surface area contributed by atoms with Crippen LogP contribution in [-0.2, 0) is 16.0 Å². The zero-order valence-electron chi connectivity index (χ0n) is 10.3. The fraction of sp³-hybridized carbons (Fsp3) is 0.333. The van der Waals surface area contributed by atoms with Crippen molar-refractivity contribution >= 4 is 5.97 Å². The number of rotatable bonds is 5. The zero-order chi connectivity index (χ0) is 14.4. The molecule has 0 aliphatic heterocycles. The van der Waals surface area contributed by atoms with Crippen LogP contribution in [0, 0.1) is 11.3 Å². The van der Waals surface area contributed by atoms with Crippen LogP contribution in [0.3, 0.4) is 0 Å². The van der Waals surface area contributed by atoms with Gasteiger partial charge in [0.25, 0.3) is 0 Å². The molecule has 102 valence electrons. The Kier molecular flexibility index (Phi) is 5.06. The van der Waals surface area contributed by atoms with Crippen LogP contribution < -0.4 is 9.47 Å². The maximum atomic E-state index is 12.3. The predicted molar refractivity (Wildman–Crippen MR) is 60.1 cm³/mol. The van der Waals surface area contributed by atoms with Crippen molar-refractivity contribution in [1.82, 2.24) is 0 Å². The van der Waals surface area contributed by atoms with Gasteiger partial charge in [-0.1, -0.05) is 0 Å². The topological polar surface area (TPSA) is 68.5 Å². The lowest BCUT2D eigenvalue weighted by Gasteiger charge is -2.12. The summed E-state index contributed by atoms with van der Waals surface area (Å²) in [5.74, 6) is -0.702. The van der Waals surface area contributed by atoms with E-state index < -0.39 is 12.6 Å². The van der Waals surface area contributed by atoms with Gasteiger partial charge in [-0.3, -0.25) is 4.79 Å². The van der Waals surface area contributed by atoms with Crippen LogP contribution in [0.5, 0.6) is 11.5 Å². The number of benzene rings is 1. The molecule has 0 aliphatic carbocycles. The second-order valence-electron chi connectivity index (χ2n) is 3.40. The van der Waals surface area contributed by atoms with E-state index in [1.165, 1.54) is 20.3 Å². The number of carbonyl (C=O) groups is 1. The summed E-state index contributed by atoms with van der Waals surface area (Å²) in [5, 5.41) is 8.86. The number of alkyl halides is 2. The highest BCUT2D eigenvalue weighted by Crippen LogP contribution is 2.30. The summed E-state index contributed by atoms with van der Waals surface area (Å²) in [5.41, 5.74) is 0.190. The van der Waals surface area contributed by atoms with Gasteiger partial charge in [0.2, 0.25) is 0 Å². The first kappa shape index (κ1) is 14.7. The third-order valence-corrected chi connectivity index (χ3v) is 2.28. The van der Waals surface area contributed by atoms with E-state index in [0.717, 1.165) is 6.07 Å². The molecule has 0 radical (unpaired) electrons. The maximum Gasteiger partial charge on any atom is 0.387 e. The highest BCUT2D eigenvalue weighted by Gasteiger charge is 2.17. The number of esters is 1. The molecule has 0 saturated heterocycles. The number of nitriles is 1. The van der Waals surface area contributed by atoms with Gasteiger partial charge in [-0.15, -0.1) is 0 Å². The van der Waals surface area contributed by atoms with Gasteiger partial charge < -0.3 is 14.2 Å². The van der Waals surface area contributed by atoms with E-state index in [9.17, 15) is 13.6 Å². The SMILES string of the molecule is COC(=O)Cc1cc(OC)c(C#N)cc1OC(F)F. The van der Waals surface area contributed by atoms with E-state index in [4.69, 9.17) is 10.00 Å². The minimum atomic E-state index is -3.06. The van der Waals surface area contributed by atoms with Gasteiger partial charge in [0.15, 0.2) is 0 Å². The first-order valence-electron chi connectivity index (χ1n) is 5.14. The van der Waals surface area contributed by atoms with Gasteiger partial charge >= 0.3 is 12.6 Å². The van der Waals surface area contributed by atoms with Gasteiger partial charge in [0.1, 0.15) is 17.6 Å². The molecule has 0 fully saturated rings. The fourth-order valence-electron chi connectivity index (χ4n) is 1.43. The van der Waals surface area contributed by atoms with Gasteiger partial charge in [-0.25, -0.2) is 0 Å². The van der Waals surface area contributed by atoms with E-state index >= 15 is 0 Å². The standard InChI is InChI=1S/C12H11F2NO4/c1-17-9-3-7(5-11(16)18-2)10(19-12(13)14)4-8(9)6-15/h3-4,12H,5H2,1-2H3. The van der Waals surface area contributed by atoms with Crippen LogP contribution in [0.2, 0.25) is 0 Å². The molecule has 0 aromatic heterocycles. The van der Waals surface area contributed by atoms with Crippen molar-refractivity contribution in [1.29, 1.82) is 5.26 Å². The van der Waals surface area contributed by atoms with Crippen molar-refractivity contribution in [3.8, 4) is 17.6 Å². The third-order valence-electron chi connectivity index (χ3n) is 2.28. The molecule has 0 bridgehead atoms. The van der Waals surface area contributed by atoms with E-state index in [0.29, 0.717) is 0 Å². The summed E-state index contributed by atoms with van der Waals surface area (Å²) in [6.07, 6.45) is -0.263. The van der Waals surface area contributed by atoms with E-state index in [2.05, 4.69) is 9.47 Å². The maximum absolute atomic E-state index is 12.3. The Bertz CT molecular complexity index is 511. The van der Waals surface area contributed by atoms with Crippen molar-refractivity contribution in [2.75, 3.05) is 14.2 Å². The molecule has 0 heterocycles. The van der Waals surface area contributed by atoms with Crippen molar-refractivity contribution in [2.45, 2.75) is 13.0 Å². The summed E-state index contributed by atoms with van der Waals surface area (Å²) in [4.78, 5) is 11.2. The number of ether oxygens (including phenoxy) is 3. The number of halogens is 2. The molecule has 1 aromatic rings. The van der Waals surface area contributed by atoms with E-state index in [-0.39, 0.29) is 29.0 Å². The average Bonchev–Trinajstić information content (AvgIpc) is 2.39. The third kappa shape index (κ3) is 3.81. The molecule has 0 spiro atoms. The molecule has 0 amide bonds. The molecule has 5 nitrogen and oxygen atoms in total. The Morgan fingerprint density at radius 1 is 1.37 bits per heavy atom. The minimum absolute atomic E-state index is 0.0340. The van der Waals surface area contributed by atoms with Crippen molar-refractivity contribution in [2.24, 2.45) is 0 Å². The summed E-state index contributed by atoms with van der Waals surface area (Å²) in [7, 11) is 2.50. The van der Waals surface area contributed by atoms with Gasteiger partial charge in [-0.2, -0.15) is 14.0 Å². The molecule has 19 heavy (non-hydrogen) atoms. The lowest BCUT2D eigenvalue weighted by Crippen LogP contribution is -2.10. The average molecular weight is 271 g/mol. The van der Waals surface area contributed by atoms with Crippen LogP contribution in [0.1, 0.15) is 11.1 Å². The first-order valence-corrected chi connectivity index (χ1v) is 5.14. The molecular weight excluding hydrogens is 260 g/mol. The van der Waals surface area contributed by atoms with Crippen LogP contribution in [0.25, 0.3) is 0 Å². The highest BCUT2D eigenvalue weighted by atomic mass is 19.3. The number of hydrogen-bond donors (Lipinski definition) is 0. The van der Waals surface area contributed by atoms with Gasteiger partial charge in [-0.05, 0) is 6.07 Å². The normalized spacial score (nSPS) is 9.89. The number of carbonyl (C=O) groups excluding carboxylic acids is 1. The Morgan fingerprint density at radius 2 is 2.05 bits per heavy atom. The Morgan fingerprint density at radius 3 is 2.53 bits per heavy atom. The zero-order valence-corrected chi connectivity index (χ0v) is 10.3. The lowest BCUT2D eigenvalue weighted by molar-refractivity contribution is -0.139. The van der Waals surface area contributed by atoms with Crippen LogP contribution >= 0.6 is 0 Å². The Balaban J connectivity index is 3.23. The first-order chi connectivity index (χ1) is 9.01. The second-order valence-corrected chi connectivity index (χ2v) is 3.40. The van der Waals surface area contributed by atoms with Gasteiger partial charge in [0.05, 0.1) is 26.2 Å². The fourth-order valence-corrected chi connectivity index (χ4v) is 1.43. The van der Waals surface area contributed by atoms with Crippen LogP contribution in [-0.4, -0.2) is 26.8 Å². The molecular formula is C12H11F2NO4. The van der Waals surface area contributed by atoms with Crippen LogP contribution in [0.4, 0.5) is 8.78 Å². The summed E-state index contributed by atoms with van der Waals surface area (Å²) in [6, 6.07) is 4.19. The predicted octanol–water partition coefficient (Wildman–Crippen LogP) is 1.88. The van der Waals surface area contributed by atoms with Crippen molar-refractivity contribution in [3.05, 3.63) is 23.3 Å². The second kappa shape index (κ2) is 6.54. The Hall–Kier alpha value is -2.36. The van der Waals surface area contributed by atoms with Crippen LogP contribution in [0.15, 0.2) is 12.1 Å². The minimum Gasteiger partial charge on any atom is -0.495 e. The molecule has 0 unspecified atom stereocenters. The van der Waals surface area contributed by atoms with Gasteiger partial charge in [0, 0.05) is 11.6 Å². The molecule has 0 aliphatic rings. The summed E-state index contributed by atoms with van der Waals surface area (Å²) in [6.45, 7) is -3.06. The highest BCUT2D eigenvalue weighted by molar-refractivity contribution is 5.74.